The monoisotopic (exact) mass is 294 g/mol. The van der Waals surface area contributed by atoms with Crippen molar-refractivity contribution < 1.29 is 19.6 Å². The molecule has 0 aliphatic rings. The number of aryl methyl sites for hydroxylation is 1. The van der Waals surface area contributed by atoms with Gasteiger partial charge in [-0.2, -0.15) is 0 Å². The number of carboxylic acid groups (broad SMARTS) is 1. The molecule has 0 radical (unpaired) electrons. The highest BCUT2D eigenvalue weighted by Gasteiger charge is 2.33. The summed E-state index contributed by atoms with van der Waals surface area (Å²) >= 11 is 0. The summed E-state index contributed by atoms with van der Waals surface area (Å²) in [5, 5.41) is 22.4. The number of carbonyl (C=O) groups excluding carboxylic acids is 1. The van der Waals surface area contributed by atoms with E-state index in [1.807, 2.05) is 0 Å². The van der Waals surface area contributed by atoms with Crippen LogP contribution < -0.4 is 5.32 Å². The number of carboxylic acids is 1. The first kappa shape index (κ1) is 16.6. The van der Waals surface area contributed by atoms with Crippen molar-refractivity contribution in [1.82, 2.24) is 5.32 Å². The summed E-state index contributed by atoms with van der Waals surface area (Å²) in [6.07, 6.45) is 0. The number of nitrogens with one attached hydrogen (secondary N) is 1. The maximum atomic E-state index is 12.1. The number of rotatable bonds is 4. The standard InChI is InChI=1S/C14H18N2O5/c1-8-5-6-9(7-10(8)16(20)21)12(17)15-11(13(18)19)14(2,3)4/h5-7,11H,1-4H3,(H,15,17)(H,18,19)/t11-/m0/s1. The zero-order valence-electron chi connectivity index (χ0n) is 12.3. The number of aliphatic carboxylic acids is 1. The van der Waals surface area contributed by atoms with E-state index in [1.165, 1.54) is 12.1 Å². The molecular formula is C14H18N2O5. The maximum Gasteiger partial charge on any atom is 0.326 e. The van der Waals surface area contributed by atoms with E-state index < -0.39 is 28.3 Å². The average molecular weight is 294 g/mol. The van der Waals surface area contributed by atoms with Crippen molar-refractivity contribution in [1.29, 1.82) is 0 Å². The number of nitro groups is 1. The molecule has 0 fully saturated rings. The van der Waals surface area contributed by atoms with E-state index >= 15 is 0 Å². The third-order valence-corrected chi connectivity index (χ3v) is 3.06. The fraction of sp³-hybridized carbons (Fsp3) is 0.429. The number of benzene rings is 1. The molecule has 21 heavy (non-hydrogen) atoms. The van der Waals surface area contributed by atoms with E-state index in [0.29, 0.717) is 5.56 Å². The Bertz CT molecular complexity index is 590. The highest BCUT2D eigenvalue weighted by atomic mass is 16.6. The van der Waals surface area contributed by atoms with E-state index in [4.69, 9.17) is 5.11 Å². The van der Waals surface area contributed by atoms with Gasteiger partial charge in [-0.15, -0.1) is 0 Å². The summed E-state index contributed by atoms with van der Waals surface area (Å²) in [6.45, 7) is 6.62. The number of amides is 1. The van der Waals surface area contributed by atoms with Crippen LogP contribution in [-0.4, -0.2) is 27.9 Å². The highest BCUT2D eigenvalue weighted by molar-refractivity contribution is 5.97. The second-order valence-electron chi connectivity index (χ2n) is 5.87. The van der Waals surface area contributed by atoms with Gasteiger partial charge < -0.3 is 10.4 Å². The van der Waals surface area contributed by atoms with Crippen molar-refractivity contribution in [2.45, 2.75) is 33.7 Å². The lowest BCUT2D eigenvalue weighted by molar-refractivity contribution is -0.385. The molecule has 1 aromatic carbocycles. The molecule has 0 heterocycles. The molecule has 0 saturated carbocycles. The van der Waals surface area contributed by atoms with Gasteiger partial charge in [0.05, 0.1) is 4.92 Å². The number of carbonyl (C=O) groups is 2. The van der Waals surface area contributed by atoms with Crippen LogP contribution in [0.1, 0.15) is 36.7 Å². The molecule has 7 heteroatoms. The highest BCUT2D eigenvalue weighted by Crippen LogP contribution is 2.22. The average Bonchev–Trinajstić information content (AvgIpc) is 2.33. The molecule has 0 aliphatic heterocycles. The van der Waals surface area contributed by atoms with Crippen molar-refractivity contribution in [3.8, 4) is 0 Å². The largest absolute Gasteiger partial charge is 0.480 e. The minimum atomic E-state index is -1.16. The van der Waals surface area contributed by atoms with Crippen LogP contribution in [0, 0.1) is 22.5 Å². The van der Waals surface area contributed by atoms with Crippen LogP contribution in [0.5, 0.6) is 0 Å². The molecule has 0 bridgehead atoms. The predicted octanol–water partition coefficient (Wildman–Crippen LogP) is 2.13. The van der Waals surface area contributed by atoms with Gasteiger partial charge in [-0.1, -0.05) is 26.8 Å². The van der Waals surface area contributed by atoms with E-state index in [1.54, 1.807) is 27.7 Å². The van der Waals surface area contributed by atoms with E-state index in [0.717, 1.165) is 6.07 Å². The van der Waals surface area contributed by atoms with Crippen LogP contribution >= 0.6 is 0 Å². The van der Waals surface area contributed by atoms with Gasteiger partial charge in [-0.3, -0.25) is 14.9 Å². The third-order valence-electron chi connectivity index (χ3n) is 3.06. The Morgan fingerprint density at radius 2 is 1.90 bits per heavy atom. The quantitative estimate of drug-likeness (QED) is 0.653. The van der Waals surface area contributed by atoms with Gasteiger partial charge in [0.25, 0.3) is 11.6 Å². The van der Waals surface area contributed by atoms with Crippen LogP contribution in [0.25, 0.3) is 0 Å². The number of hydrogen-bond donors (Lipinski definition) is 2. The molecule has 0 saturated heterocycles. The molecule has 114 valence electrons. The van der Waals surface area contributed by atoms with E-state index in [9.17, 15) is 19.7 Å². The second-order valence-corrected chi connectivity index (χ2v) is 5.87. The van der Waals surface area contributed by atoms with Crippen LogP contribution in [0.4, 0.5) is 5.69 Å². The summed E-state index contributed by atoms with van der Waals surface area (Å²) in [4.78, 5) is 33.6. The van der Waals surface area contributed by atoms with Crippen LogP contribution in [0.15, 0.2) is 18.2 Å². The van der Waals surface area contributed by atoms with Gasteiger partial charge in [0.1, 0.15) is 6.04 Å². The Balaban J connectivity index is 3.07. The Morgan fingerprint density at radius 3 is 2.33 bits per heavy atom. The molecule has 0 spiro atoms. The number of hydrogen-bond acceptors (Lipinski definition) is 4. The summed E-state index contributed by atoms with van der Waals surface area (Å²) < 4.78 is 0. The smallest absolute Gasteiger partial charge is 0.326 e. The maximum absolute atomic E-state index is 12.1. The van der Waals surface area contributed by atoms with Crippen molar-refractivity contribution >= 4 is 17.6 Å². The lowest BCUT2D eigenvalue weighted by atomic mass is 9.86. The van der Waals surface area contributed by atoms with Gasteiger partial charge in [-0.05, 0) is 18.4 Å². The molecule has 1 rings (SSSR count). The van der Waals surface area contributed by atoms with Gasteiger partial charge in [-0.25, -0.2) is 4.79 Å². The fourth-order valence-corrected chi connectivity index (χ4v) is 1.81. The van der Waals surface area contributed by atoms with Gasteiger partial charge in [0, 0.05) is 17.2 Å². The fourth-order valence-electron chi connectivity index (χ4n) is 1.81. The van der Waals surface area contributed by atoms with Crippen molar-refractivity contribution in [3.05, 3.63) is 39.4 Å². The molecular weight excluding hydrogens is 276 g/mol. The first-order chi connectivity index (χ1) is 9.54. The van der Waals surface area contributed by atoms with Gasteiger partial charge in [0.15, 0.2) is 0 Å². The lowest BCUT2D eigenvalue weighted by Crippen LogP contribution is -2.49. The summed E-state index contributed by atoms with van der Waals surface area (Å²) in [5.74, 6) is -1.81. The topological polar surface area (TPSA) is 110 Å². The zero-order valence-corrected chi connectivity index (χ0v) is 12.3. The van der Waals surface area contributed by atoms with Crippen molar-refractivity contribution in [2.24, 2.45) is 5.41 Å². The normalized spacial score (nSPS) is 12.6. The van der Waals surface area contributed by atoms with Crippen molar-refractivity contribution in [2.75, 3.05) is 0 Å². The molecule has 1 aromatic rings. The molecule has 0 aromatic heterocycles. The lowest BCUT2D eigenvalue weighted by Gasteiger charge is -2.27. The summed E-state index contributed by atoms with van der Waals surface area (Å²) in [5.41, 5.74) is -0.367. The SMILES string of the molecule is Cc1ccc(C(=O)N[C@@H](C(=O)O)C(C)(C)C)cc1[N+](=O)[O-]. The van der Waals surface area contributed by atoms with Crippen molar-refractivity contribution in [3.63, 3.8) is 0 Å². The molecule has 1 atom stereocenters. The first-order valence-electron chi connectivity index (χ1n) is 6.32. The molecule has 2 N–H and O–H groups in total. The Kier molecular flexibility index (Phi) is 4.67. The molecule has 0 unspecified atom stereocenters. The second kappa shape index (κ2) is 5.90. The zero-order chi connectivity index (χ0) is 16.4. The summed E-state index contributed by atoms with van der Waals surface area (Å²) in [7, 11) is 0. The Labute approximate surface area is 122 Å². The Hall–Kier alpha value is -2.44. The van der Waals surface area contributed by atoms with Crippen LogP contribution in [0.3, 0.4) is 0 Å². The van der Waals surface area contributed by atoms with Crippen LogP contribution in [0.2, 0.25) is 0 Å². The minimum Gasteiger partial charge on any atom is -0.480 e. The van der Waals surface area contributed by atoms with Gasteiger partial charge >= 0.3 is 5.97 Å². The van der Waals surface area contributed by atoms with Gasteiger partial charge in [0.2, 0.25) is 0 Å². The van der Waals surface area contributed by atoms with E-state index in [-0.39, 0.29) is 11.3 Å². The van der Waals surface area contributed by atoms with Crippen LogP contribution in [-0.2, 0) is 4.79 Å². The molecule has 1 amide bonds. The molecule has 0 aliphatic carbocycles. The number of nitrogens with zero attached hydrogens (tertiary/aromatic N) is 1. The Morgan fingerprint density at radius 1 is 1.33 bits per heavy atom. The number of nitro benzene ring substituents is 1. The predicted molar refractivity (Wildman–Crippen MR) is 76.2 cm³/mol. The minimum absolute atomic E-state index is 0.0581. The summed E-state index contributed by atoms with van der Waals surface area (Å²) in [6, 6.07) is 2.94. The first-order valence-corrected chi connectivity index (χ1v) is 6.32. The molecule has 7 nitrogen and oxygen atoms in total. The van der Waals surface area contributed by atoms with E-state index in [2.05, 4.69) is 5.32 Å². The third kappa shape index (κ3) is 4.01.